The van der Waals surface area contributed by atoms with Crippen LogP contribution in [0.25, 0.3) is 0 Å². The number of carbonyl (C=O) groups excluding carboxylic acids is 1. The van der Waals surface area contributed by atoms with Gasteiger partial charge in [-0.1, -0.05) is 43.7 Å². The second kappa shape index (κ2) is 8.09. The van der Waals surface area contributed by atoms with Gasteiger partial charge in [0.25, 0.3) is 5.91 Å². The van der Waals surface area contributed by atoms with E-state index in [4.69, 9.17) is 4.74 Å². The maximum absolute atomic E-state index is 13.3. The zero-order valence-corrected chi connectivity index (χ0v) is 15.9. The molecule has 1 saturated heterocycles. The van der Waals surface area contributed by atoms with E-state index in [0.29, 0.717) is 18.0 Å². The molecule has 0 spiro atoms. The van der Waals surface area contributed by atoms with Crippen molar-refractivity contribution < 1.29 is 9.53 Å². The van der Waals surface area contributed by atoms with E-state index in [2.05, 4.69) is 22.0 Å². The number of aromatic nitrogens is 1. The number of hydrogen-bond donors (Lipinski definition) is 0. The summed E-state index contributed by atoms with van der Waals surface area (Å²) in [4.78, 5) is 22.2. The Morgan fingerprint density at radius 3 is 2.63 bits per heavy atom. The van der Waals surface area contributed by atoms with Gasteiger partial charge < -0.3 is 9.64 Å². The normalized spacial score (nSPS) is 21.4. The molecule has 0 aliphatic carbocycles. The summed E-state index contributed by atoms with van der Waals surface area (Å²) in [5.74, 6) is 1.34. The number of anilines is 1. The lowest BCUT2D eigenvalue weighted by atomic mass is 10.0. The van der Waals surface area contributed by atoms with Gasteiger partial charge in [0, 0.05) is 12.7 Å². The number of amides is 1. The summed E-state index contributed by atoms with van der Waals surface area (Å²) in [6.07, 6.45) is 5.68. The Morgan fingerprint density at radius 2 is 1.89 bits per heavy atom. The first-order valence-electron chi connectivity index (χ1n) is 10.00. The van der Waals surface area contributed by atoms with Crippen molar-refractivity contribution in [1.29, 1.82) is 0 Å². The number of carbonyl (C=O) groups is 1. The van der Waals surface area contributed by atoms with Crippen molar-refractivity contribution in [3.63, 3.8) is 0 Å². The van der Waals surface area contributed by atoms with Gasteiger partial charge in [-0.25, -0.2) is 4.98 Å². The van der Waals surface area contributed by atoms with Crippen molar-refractivity contribution in [2.24, 2.45) is 0 Å². The lowest BCUT2D eigenvalue weighted by Gasteiger charge is -2.40. The Labute approximate surface area is 161 Å². The maximum Gasteiger partial charge on any atom is 0.269 e. The van der Waals surface area contributed by atoms with Gasteiger partial charge in [0.05, 0.1) is 6.04 Å². The van der Waals surface area contributed by atoms with Crippen molar-refractivity contribution in [3.05, 3.63) is 54.2 Å². The highest BCUT2D eigenvalue weighted by molar-refractivity contribution is 5.99. The zero-order chi connectivity index (χ0) is 18.6. The summed E-state index contributed by atoms with van der Waals surface area (Å²) in [5.41, 5.74) is 1.14. The standard InChI is InChI=1S/C22H27N3O2/c1-2-19-22(26)25(21-20(27-19)12-9-13-23-21)18(17-10-5-3-6-11-17)16-24-14-7-4-8-15-24/h3,5-6,9-13,18-19H,2,4,7-8,14-16H2,1H3. The molecule has 0 radical (unpaired) electrons. The number of piperidine rings is 1. The molecule has 142 valence electrons. The minimum absolute atomic E-state index is 0.00885. The second-order valence-electron chi connectivity index (χ2n) is 7.34. The summed E-state index contributed by atoms with van der Waals surface area (Å²) in [6, 6.07) is 14.0. The molecule has 2 aromatic rings. The summed E-state index contributed by atoms with van der Waals surface area (Å²) >= 11 is 0. The average Bonchev–Trinajstić information content (AvgIpc) is 2.73. The minimum atomic E-state index is -0.450. The number of ether oxygens (including phenoxy) is 1. The molecule has 27 heavy (non-hydrogen) atoms. The van der Waals surface area contributed by atoms with Gasteiger partial charge in [0.15, 0.2) is 17.7 Å². The van der Waals surface area contributed by atoms with E-state index in [1.165, 1.54) is 19.3 Å². The van der Waals surface area contributed by atoms with Crippen LogP contribution in [0.1, 0.15) is 44.2 Å². The fraction of sp³-hybridized carbons (Fsp3) is 0.455. The SMILES string of the molecule is CCC1Oc2cccnc2N(C(CN2CCCCC2)c2ccccc2)C1=O. The lowest BCUT2D eigenvalue weighted by Crippen LogP contribution is -2.50. The van der Waals surface area contributed by atoms with Gasteiger partial charge in [0.2, 0.25) is 0 Å². The summed E-state index contributed by atoms with van der Waals surface area (Å²) in [7, 11) is 0. The zero-order valence-electron chi connectivity index (χ0n) is 15.9. The molecule has 4 rings (SSSR count). The Hall–Kier alpha value is -2.40. The van der Waals surface area contributed by atoms with E-state index in [1.807, 2.05) is 42.2 Å². The number of likely N-dealkylation sites (tertiary alicyclic amines) is 1. The van der Waals surface area contributed by atoms with E-state index in [-0.39, 0.29) is 11.9 Å². The Bertz CT molecular complexity index is 774. The van der Waals surface area contributed by atoms with Crippen molar-refractivity contribution in [2.45, 2.75) is 44.8 Å². The highest BCUT2D eigenvalue weighted by Gasteiger charge is 2.39. The lowest BCUT2D eigenvalue weighted by molar-refractivity contribution is -0.127. The Balaban J connectivity index is 1.74. The molecule has 2 aliphatic rings. The molecular weight excluding hydrogens is 338 g/mol. The highest BCUT2D eigenvalue weighted by Crippen LogP contribution is 2.38. The van der Waals surface area contributed by atoms with Crippen LogP contribution in [0.15, 0.2) is 48.7 Å². The third-order valence-electron chi connectivity index (χ3n) is 5.51. The molecule has 2 unspecified atom stereocenters. The first kappa shape index (κ1) is 18.0. The quantitative estimate of drug-likeness (QED) is 0.808. The van der Waals surface area contributed by atoms with Crippen molar-refractivity contribution in [2.75, 3.05) is 24.5 Å². The first-order chi connectivity index (χ1) is 13.3. The fourth-order valence-electron chi connectivity index (χ4n) is 4.08. The largest absolute Gasteiger partial charge is 0.477 e. The summed E-state index contributed by atoms with van der Waals surface area (Å²) < 4.78 is 5.93. The molecule has 1 aromatic carbocycles. The Kier molecular flexibility index (Phi) is 5.39. The maximum atomic E-state index is 13.3. The van der Waals surface area contributed by atoms with Crippen molar-refractivity contribution in [1.82, 2.24) is 9.88 Å². The second-order valence-corrected chi connectivity index (χ2v) is 7.34. The fourth-order valence-corrected chi connectivity index (χ4v) is 4.08. The van der Waals surface area contributed by atoms with E-state index < -0.39 is 6.10 Å². The van der Waals surface area contributed by atoms with Crippen molar-refractivity contribution in [3.8, 4) is 5.75 Å². The van der Waals surface area contributed by atoms with E-state index in [1.54, 1.807) is 6.20 Å². The van der Waals surface area contributed by atoms with E-state index >= 15 is 0 Å². The average molecular weight is 365 g/mol. The van der Waals surface area contributed by atoms with Gasteiger partial charge in [-0.05, 0) is 50.0 Å². The van der Waals surface area contributed by atoms with Gasteiger partial charge >= 0.3 is 0 Å². The molecule has 3 heterocycles. The number of fused-ring (bicyclic) bond motifs is 1. The van der Waals surface area contributed by atoms with Crippen LogP contribution < -0.4 is 9.64 Å². The third kappa shape index (κ3) is 3.69. The van der Waals surface area contributed by atoms with Crippen LogP contribution in [0.3, 0.4) is 0 Å². The monoisotopic (exact) mass is 365 g/mol. The highest BCUT2D eigenvalue weighted by atomic mass is 16.5. The van der Waals surface area contributed by atoms with Crippen LogP contribution in [-0.2, 0) is 4.79 Å². The predicted molar refractivity (Wildman–Crippen MR) is 106 cm³/mol. The first-order valence-corrected chi connectivity index (χ1v) is 10.00. The molecule has 0 saturated carbocycles. The van der Waals surface area contributed by atoms with Crippen LogP contribution in [0.5, 0.6) is 5.75 Å². The van der Waals surface area contributed by atoms with Crippen LogP contribution in [0.4, 0.5) is 5.82 Å². The van der Waals surface area contributed by atoms with E-state index in [9.17, 15) is 4.79 Å². The number of pyridine rings is 1. The molecule has 5 nitrogen and oxygen atoms in total. The van der Waals surface area contributed by atoms with E-state index in [0.717, 1.165) is 25.2 Å². The molecule has 0 N–H and O–H groups in total. The van der Waals surface area contributed by atoms with Crippen LogP contribution in [-0.4, -0.2) is 41.5 Å². The molecule has 2 aliphatic heterocycles. The molecular formula is C22H27N3O2. The molecule has 5 heteroatoms. The van der Waals surface area contributed by atoms with Gasteiger partial charge in [0.1, 0.15) is 0 Å². The third-order valence-corrected chi connectivity index (χ3v) is 5.51. The molecule has 0 bridgehead atoms. The summed E-state index contributed by atoms with van der Waals surface area (Å²) in [5, 5.41) is 0. The van der Waals surface area contributed by atoms with Crippen LogP contribution >= 0.6 is 0 Å². The minimum Gasteiger partial charge on any atom is -0.477 e. The van der Waals surface area contributed by atoms with Crippen LogP contribution in [0, 0.1) is 0 Å². The topological polar surface area (TPSA) is 45.7 Å². The molecule has 1 amide bonds. The van der Waals surface area contributed by atoms with Gasteiger partial charge in [-0.15, -0.1) is 0 Å². The Morgan fingerprint density at radius 1 is 1.11 bits per heavy atom. The molecule has 1 aromatic heterocycles. The van der Waals surface area contributed by atoms with Gasteiger partial charge in [-0.3, -0.25) is 9.69 Å². The van der Waals surface area contributed by atoms with Gasteiger partial charge in [-0.2, -0.15) is 0 Å². The van der Waals surface area contributed by atoms with Crippen molar-refractivity contribution >= 4 is 11.7 Å². The number of rotatable bonds is 5. The number of nitrogens with zero attached hydrogens (tertiary/aromatic N) is 3. The number of hydrogen-bond acceptors (Lipinski definition) is 4. The summed E-state index contributed by atoms with van der Waals surface area (Å²) in [6.45, 7) is 4.99. The molecule has 2 atom stereocenters. The smallest absolute Gasteiger partial charge is 0.269 e. The molecule has 1 fully saturated rings. The predicted octanol–water partition coefficient (Wildman–Crippen LogP) is 3.81. The number of benzene rings is 1. The van der Waals surface area contributed by atoms with Crippen LogP contribution in [0.2, 0.25) is 0 Å².